The monoisotopic (exact) mass is 560 g/mol. The minimum atomic E-state index is -3.12. The maximum absolute atomic E-state index is 12.5. The molecule has 7 rings (SSSR count). The number of rotatable bonds is 6. The fraction of sp³-hybridized carbons (Fsp3) is 0.500. The van der Waals surface area contributed by atoms with Gasteiger partial charge < -0.3 is 29.2 Å². The first kappa shape index (κ1) is 24.6. The second-order valence-electron chi connectivity index (χ2n) is 10.4. The molecule has 4 fully saturated rings. The summed E-state index contributed by atoms with van der Waals surface area (Å²) in [5, 5.41) is 10.4. The van der Waals surface area contributed by atoms with Gasteiger partial charge in [-0.15, -0.1) is 0 Å². The number of hydrogen-bond donors (Lipinski definition) is 2. The predicted octanol–water partition coefficient (Wildman–Crippen LogP) is 2.40. The van der Waals surface area contributed by atoms with Gasteiger partial charge in [0.25, 0.3) is 6.01 Å². The highest BCUT2D eigenvalue weighted by Crippen LogP contribution is 2.35. The highest BCUT2D eigenvalue weighted by molar-refractivity contribution is 7.90. The summed E-state index contributed by atoms with van der Waals surface area (Å²) in [5.41, 5.74) is 4.35. The zero-order valence-corrected chi connectivity index (χ0v) is 22.2. The second-order valence-corrected chi connectivity index (χ2v) is 13.0. The lowest BCUT2D eigenvalue weighted by Gasteiger charge is -2.35. The van der Waals surface area contributed by atoms with Gasteiger partial charge in [0.2, 0.25) is 10.0 Å². The van der Waals surface area contributed by atoms with E-state index in [0.29, 0.717) is 43.8 Å². The van der Waals surface area contributed by atoms with Crippen LogP contribution >= 0.6 is 11.6 Å². The van der Waals surface area contributed by atoms with E-state index in [1.807, 2.05) is 36.4 Å². The van der Waals surface area contributed by atoms with Crippen LogP contribution in [0.25, 0.3) is 22.2 Å². The second kappa shape index (κ2) is 9.35. The van der Waals surface area contributed by atoms with Crippen LogP contribution in [-0.4, -0.2) is 96.9 Å². The Balaban J connectivity index is 1.05. The van der Waals surface area contributed by atoms with Crippen molar-refractivity contribution >= 4 is 38.3 Å². The number of benzene rings is 2. The molecule has 1 aromatic heterocycles. The van der Waals surface area contributed by atoms with Crippen LogP contribution in [0.15, 0.2) is 36.4 Å². The van der Waals surface area contributed by atoms with Gasteiger partial charge in [0.1, 0.15) is 18.3 Å². The molecular formula is C26H29ClN4O6S. The van der Waals surface area contributed by atoms with Crippen LogP contribution < -0.4 is 9.64 Å². The fourth-order valence-corrected chi connectivity index (χ4v) is 7.70. The minimum absolute atomic E-state index is 0.160. The molecule has 1 aliphatic carbocycles. The third-order valence-corrected chi connectivity index (χ3v) is 10.6. The lowest BCUT2D eigenvalue weighted by Crippen LogP contribution is -2.49. The summed E-state index contributed by atoms with van der Waals surface area (Å²) in [6.45, 7) is 2.96. The third-order valence-electron chi connectivity index (χ3n) is 7.88. The van der Waals surface area contributed by atoms with E-state index in [2.05, 4.69) is 14.9 Å². The molecule has 4 atom stereocenters. The Hall–Kier alpha value is -2.41. The Bertz CT molecular complexity index is 1450. The highest BCUT2D eigenvalue weighted by Gasteiger charge is 2.48. The van der Waals surface area contributed by atoms with Crippen LogP contribution in [0.1, 0.15) is 12.8 Å². The molecule has 4 unspecified atom stereocenters. The first-order chi connectivity index (χ1) is 18.4. The van der Waals surface area contributed by atoms with Crippen LogP contribution in [0.5, 0.6) is 6.01 Å². The molecule has 2 N–H and O–H groups in total. The number of ether oxygens (including phenoxy) is 3. The number of aromatic nitrogens is 2. The number of fused-ring (bicyclic) bond motifs is 2. The van der Waals surface area contributed by atoms with Crippen molar-refractivity contribution < 1.29 is 27.7 Å². The number of H-pyrrole nitrogens is 1. The Morgan fingerprint density at radius 3 is 2.50 bits per heavy atom. The van der Waals surface area contributed by atoms with E-state index in [4.69, 9.17) is 25.8 Å². The first-order valence-electron chi connectivity index (χ1n) is 13.0. The number of piperazine rings is 1. The van der Waals surface area contributed by atoms with E-state index >= 15 is 0 Å². The summed E-state index contributed by atoms with van der Waals surface area (Å²) >= 11 is 6.65. The third kappa shape index (κ3) is 4.35. The lowest BCUT2D eigenvalue weighted by atomic mass is 10.0. The molecule has 0 spiro atoms. The van der Waals surface area contributed by atoms with Gasteiger partial charge in [0.05, 0.1) is 34.5 Å². The minimum Gasteiger partial charge on any atom is -0.456 e. The van der Waals surface area contributed by atoms with Gasteiger partial charge in [-0.25, -0.2) is 8.42 Å². The van der Waals surface area contributed by atoms with E-state index in [1.54, 1.807) is 4.31 Å². The molecule has 3 aromatic rings. The Kier molecular flexibility index (Phi) is 6.06. The summed E-state index contributed by atoms with van der Waals surface area (Å²) in [5.74, 6) is 0. The average Bonchev–Trinajstić information content (AvgIpc) is 3.48. The standard InChI is InChI=1S/C26H29ClN4O6S/c27-19-12-21-20(28-26(29-21)37-23-14-36-24-22(32)13-35-25(23)24)11-18(19)15-1-3-16(4-2-15)30-7-9-31(10-8-30)38(33,34)17-5-6-17/h1-4,11-12,17,22-25,32H,5-10,13-14H2,(H,28,29). The average molecular weight is 561 g/mol. The van der Waals surface area contributed by atoms with Gasteiger partial charge in [-0.2, -0.15) is 9.29 Å². The molecular weight excluding hydrogens is 532 g/mol. The van der Waals surface area contributed by atoms with Gasteiger partial charge in [-0.05, 0) is 42.7 Å². The van der Waals surface area contributed by atoms with Gasteiger partial charge in [-0.1, -0.05) is 23.7 Å². The molecule has 3 saturated heterocycles. The van der Waals surface area contributed by atoms with E-state index in [0.717, 1.165) is 40.7 Å². The number of nitrogens with one attached hydrogen (secondary N) is 1. The number of aromatic amines is 1. The summed E-state index contributed by atoms with van der Waals surface area (Å²) in [6.07, 6.45) is -0.0849. The van der Waals surface area contributed by atoms with Crippen molar-refractivity contribution in [2.24, 2.45) is 0 Å². The maximum Gasteiger partial charge on any atom is 0.295 e. The summed E-state index contributed by atoms with van der Waals surface area (Å²) in [7, 11) is -3.12. The van der Waals surface area contributed by atoms with E-state index in [-0.39, 0.29) is 30.2 Å². The molecule has 3 aliphatic heterocycles. The number of imidazole rings is 1. The molecule has 0 amide bonds. The fourth-order valence-electron chi connectivity index (χ4n) is 5.60. The Morgan fingerprint density at radius 1 is 1.03 bits per heavy atom. The van der Waals surface area contributed by atoms with Gasteiger partial charge in [0.15, 0.2) is 6.10 Å². The molecule has 10 nitrogen and oxygen atoms in total. The molecule has 4 heterocycles. The Labute approximate surface area is 225 Å². The molecule has 12 heteroatoms. The number of sulfonamides is 1. The summed E-state index contributed by atoms with van der Waals surface area (Å²) < 4.78 is 44.0. The van der Waals surface area contributed by atoms with Gasteiger partial charge >= 0.3 is 0 Å². The van der Waals surface area contributed by atoms with Crippen LogP contribution in [-0.2, 0) is 19.5 Å². The molecule has 4 aliphatic rings. The normalized spacial score (nSPS) is 28.2. The molecule has 38 heavy (non-hydrogen) atoms. The smallest absolute Gasteiger partial charge is 0.295 e. The zero-order valence-electron chi connectivity index (χ0n) is 20.6. The topological polar surface area (TPSA) is 117 Å². The number of aliphatic hydroxyl groups excluding tert-OH is 1. The summed E-state index contributed by atoms with van der Waals surface area (Å²) in [6, 6.07) is 12.3. The van der Waals surface area contributed by atoms with Crippen molar-refractivity contribution in [2.45, 2.75) is 42.5 Å². The van der Waals surface area contributed by atoms with E-state index < -0.39 is 16.1 Å². The van der Waals surface area contributed by atoms with Crippen molar-refractivity contribution in [2.75, 3.05) is 44.3 Å². The van der Waals surface area contributed by atoms with Crippen LogP contribution in [0.4, 0.5) is 5.69 Å². The number of hydrogen-bond acceptors (Lipinski definition) is 8. The van der Waals surface area contributed by atoms with E-state index in [9.17, 15) is 13.5 Å². The number of anilines is 1. The van der Waals surface area contributed by atoms with Crippen molar-refractivity contribution in [1.29, 1.82) is 0 Å². The number of nitrogens with zero attached hydrogens (tertiary/aromatic N) is 3. The largest absolute Gasteiger partial charge is 0.456 e. The Morgan fingerprint density at radius 2 is 1.76 bits per heavy atom. The molecule has 2 aromatic carbocycles. The lowest BCUT2D eigenvalue weighted by molar-refractivity contribution is 0.00706. The molecule has 1 saturated carbocycles. The first-order valence-corrected chi connectivity index (χ1v) is 14.9. The van der Waals surface area contributed by atoms with Crippen molar-refractivity contribution in [3.05, 3.63) is 41.4 Å². The van der Waals surface area contributed by atoms with Crippen molar-refractivity contribution in [1.82, 2.24) is 14.3 Å². The molecule has 0 radical (unpaired) electrons. The van der Waals surface area contributed by atoms with Crippen molar-refractivity contribution in [3.8, 4) is 17.1 Å². The predicted molar refractivity (Wildman–Crippen MR) is 142 cm³/mol. The van der Waals surface area contributed by atoms with Crippen LogP contribution in [0.2, 0.25) is 5.02 Å². The van der Waals surface area contributed by atoms with E-state index in [1.165, 1.54) is 0 Å². The highest BCUT2D eigenvalue weighted by atomic mass is 35.5. The number of halogens is 1. The molecule has 202 valence electrons. The molecule has 0 bridgehead atoms. The quantitative estimate of drug-likeness (QED) is 0.472. The maximum atomic E-state index is 12.5. The zero-order chi connectivity index (χ0) is 26.0. The van der Waals surface area contributed by atoms with Gasteiger partial charge in [0, 0.05) is 37.4 Å². The van der Waals surface area contributed by atoms with Gasteiger partial charge in [-0.3, -0.25) is 0 Å². The van der Waals surface area contributed by atoms with Crippen molar-refractivity contribution in [3.63, 3.8) is 0 Å². The van der Waals surface area contributed by atoms with Crippen LogP contribution in [0.3, 0.4) is 0 Å². The number of aliphatic hydroxyl groups is 1. The SMILES string of the molecule is O=S(=O)(C1CC1)N1CCN(c2ccc(-c3cc4nc(OC5COC6C(O)COC56)[nH]c4cc3Cl)cc2)CC1. The van der Waals surface area contributed by atoms with Crippen LogP contribution in [0, 0.1) is 0 Å². The summed E-state index contributed by atoms with van der Waals surface area (Å²) in [4.78, 5) is 9.98.